The van der Waals surface area contributed by atoms with Gasteiger partial charge in [-0.2, -0.15) is 0 Å². The maximum atomic E-state index is 5.53. The molecule has 0 aliphatic rings. The minimum absolute atomic E-state index is 0.418. The third-order valence-electron chi connectivity index (χ3n) is 5.38. The quantitative estimate of drug-likeness (QED) is 0.175. The molecule has 0 unspecified atom stereocenters. The average Bonchev–Trinajstić information content (AvgIpc) is 3.22. The zero-order valence-electron chi connectivity index (χ0n) is 20.3. The molecule has 8 nitrogen and oxygen atoms in total. The van der Waals surface area contributed by atoms with Crippen LogP contribution >= 0.6 is 12.2 Å². The van der Waals surface area contributed by atoms with E-state index in [9.17, 15) is 0 Å². The van der Waals surface area contributed by atoms with Gasteiger partial charge in [0.05, 0.1) is 7.11 Å². The maximum absolute atomic E-state index is 5.53. The maximum Gasteiger partial charge on any atom is 0.229 e. The Kier molecular flexibility index (Phi) is 7.57. The van der Waals surface area contributed by atoms with Gasteiger partial charge in [-0.3, -0.25) is 10.3 Å². The highest BCUT2D eigenvalue weighted by Gasteiger charge is 2.09. The molecular weight excluding hydrogens is 458 g/mol. The monoisotopic (exact) mass is 487 g/mol. The fourth-order valence-electron chi connectivity index (χ4n) is 3.68. The van der Waals surface area contributed by atoms with Crippen LogP contribution < -0.4 is 20.7 Å². The Morgan fingerprint density at radius 2 is 1.74 bits per heavy atom. The van der Waals surface area contributed by atoms with E-state index in [1.807, 2.05) is 75.5 Å². The molecule has 0 saturated heterocycles. The van der Waals surface area contributed by atoms with Gasteiger partial charge in [-0.15, -0.1) is 0 Å². The number of rotatable bonds is 6. The second kappa shape index (κ2) is 11.0. The average molecular weight is 488 g/mol. The molecule has 0 saturated carbocycles. The Morgan fingerprint density at radius 1 is 1.00 bits per heavy atom. The van der Waals surface area contributed by atoms with Crippen LogP contribution in [0, 0.1) is 20.8 Å². The van der Waals surface area contributed by atoms with Gasteiger partial charge in [0.1, 0.15) is 5.75 Å². The molecule has 2 heterocycles. The van der Waals surface area contributed by atoms with E-state index in [1.165, 1.54) is 5.56 Å². The SMILES string of the molecule is COc1ccc2[nH]cc(CCN=C(NC(=S)Nc3ccc(C)cc3)Nc3nc(C)cc(C)n3)c2c1. The third kappa shape index (κ3) is 6.54. The van der Waals surface area contributed by atoms with Crippen LogP contribution in [0.5, 0.6) is 5.75 Å². The van der Waals surface area contributed by atoms with Crippen molar-refractivity contribution in [3.05, 3.63) is 77.2 Å². The molecular formula is C26H29N7OS. The van der Waals surface area contributed by atoms with Crippen LogP contribution in [-0.2, 0) is 6.42 Å². The molecule has 4 rings (SSSR count). The van der Waals surface area contributed by atoms with Gasteiger partial charge in [-0.25, -0.2) is 9.97 Å². The highest BCUT2D eigenvalue weighted by molar-refractivity contribution is 7.80. The van der Waals surface area contributed by atoms with Gasteiger partial charge >= 0.3 is 0 Å². The van der Waals surface area contributed by atoms with Crippen molar-refractivity contribution in [2.75, 3.05) is 24.3 Å². The lowest BCUT2D eigenvalue weighted by atomic mass is 10.1. The van der Waals surface area contributed by atoms with Gasteiger partial charge in [-0.05, 0) is 81.4 Å². The number of ether oxygens (including phenoxy) is 1. The molecule has 0 atom stereocenters. The third-order valence-corrected chi connectivity index (χ3v) is 5.58. The number of hydrogen-bond acceptors (Lipinski definition) is 5. The fourth-order valence-corrected chi connectivity index (χ4v) is 3.90. The van der Waals surface area contributed by atoms with E-state index in [-0.39, 0.29) is 0 Å². The Bertz CT molecular complexity index is 1340. The van der Waals surface area contributed by atoms with Crippen molar-refractivity contribution in [1.29, 1.82) is 0 Å². The molecule has 180 valence electrons. The van der Waals surface area contributed by atoms with Gasteiger partial charge < -0.3 is 20.4 Å². The highest BCUT2D eigenvalue weighted by atomic mass is 32.1. The first-order valence-corrected chi connectivity index (χ1v) is 11.7. The van der Waals surface area contributed by atoms with Crippen LogP contribution in [0.3, 0.4) is 0 Å². The molecule has 9 heteroatoms. The fraction of sp³-hybridized carbons (Fsp3) is 0.231. The summed E-state index contributed by atoms with van der Waals surface area (Å²) in [4.78, 5) is 17.0. The van der Waals surface area contributed by atoms with Crippen molar-refractivity contribution in [3.8, 4) is 5.75 Å². The summed E-state index contributed by atoms with van der Waals surface area (Å²) < 4.78 is 5.38. The number of H-pyrrole nitrogens is 1. The standard InChI is InChI=1S/C26H29N7OS/c1-16-5-7-20(8-6-16)31-26(35)33-24(32-25-29-17(2)13-18(3)30-25)27-12-11-19-15-28-23-10-9-21(34-4)14-22(19)23/h5-10,13-15,28H,11-12H2,1-4H3,(H3,27,29,30,31,32,33,35). The Hall–Kier alpha value is -3.98. The van der Waals surface area contributed by atoms with Crippen LogP contribution in [0.1, 0.15) is 22.5 Å². The molecule has 0 aliphatic heterocycles. The van der Waals surface area contributed by atoms with Crippen molar-refractivity contribution >= 4 is 45.8 Å². The predicted octanol–water partition coefficient (Wildman–Crippen LogP) is 4.89. The molecule has 0 fully saturated rings. The molecule has 0 bridgehead atoms. The summed E-state index contributed by atoms with van der Waals surface area (Å²) in [6, 6.07) is 15.9. The largest absolute Gasteiger partial charge is 0.497 e. The number of anilines is 2. The first kappa shape index (κ1) is 24.2. The summed E-state index contributed by atoms with van der Waals surface area (Å²) in [7, 11) is 1.67. The van der Waals surface area contributed by atoms with Gasteiger partial charge in [-0.1, -0.05) is 17.7 Å². The second-order valence-corrected chi connectivity index (χ2v) is 8.66. The van der Waals surface area contributed by atoms with E-state index < -0.39 is 0 Å². The van der Waals surface area contributed by atoms with Crippen molar-refractivity contribution in [2.24, 2.45) is 4.99 Å². The van der Waals surface area contributed by atoms with Crippen LogP contribution in [0.15, 0.2) is 59.7 Å². The molecule has 0 spiro atoms. The molecule has 0 radical (unpaired) electrons. The molecule has 2 aromatic carbocycles. The van der Waals surface area contributed by atoms with E-state index in [4.69, 9.17) is 21.9 Å². The molecule has 2 aromatic heterocycles. The van der Waals surface area contributed by atoms with Crippen LogP contribution in [0.2, 0.25) is 0 Å². The lowest BCUT2D eigenvalue weighted by Gasteiger charge is -2.14. The van der Waals surface area contributed by atoms with Gasteiger partial charge in [0.15, 0.2) is 5.11 Å². The van der Waals surface area contributed by atoms with Crippen molar-refractivity contribution in [1.82, 2.24) is 20.3 Å². The van der Waals surface area contributed by atoms with Gasteiger partial charge in [0.2, 0.25) is 11.9 Å². The minimum Gasteiger partial charge on any atom is -0.497 e. The number of guanidine groups is 1. The van der Waals surface area contributed by atoms with E-state index in [0.29, 0.717) is 23.6 Å². The lowest BCUT2D eigenvalue weighted by molar-refractivity contribution is 0.415. The number of aromatic nitrogens is 3. The van der Waals surface area contributed by atoms with Gasteiger partial charge in [0.25, 0.3) is 0 Å². The summed E-state index contributed by atoms with van der Waals surface area (Å²) in [6.45, 7) is 6.43. The van der Waals surface area contributed by atoms with E-state index >= 15 is 0 Å². The second-order valence-electron chi connectivity index (χ2n) is 8.25. The topological polar surface area (TPSA) is 99.2 Å². The van der Waals surface area contributed by atoms with Crippen molar-refractivity contribution in [3.63, 3.8) is 0 Å². The Labute approximate surface area is 210 Å². The molecule has 35 heavy (non-hydrogen) atoms. The van der Waals surface area contributed by atoms with E-state index in [2.05, 4.69) is 30.9 Å². The number of methoxy groups -OCH3 is 1. The normalized spacial score (nSPS) is 11.4. The number of fused-ring (bicyclic) bond motifs is 1. The molecule has 0 amide bonds. The number of aromatic amines is 1. The number of benzene rings is 2. The zero-order chi connectivity index (χ0) is 24.8. The van der Waals surface area contributed by atoms with Crippen LogP contribution in [0.4, 0.5) is 11.6 Å². The van der Waals surface area contributed by atoms with Crippen LogP contribution in [-0.4, -0.2) is 39.7 Å². The predicted molar refractivity (Wildman–Crippen MR) is 147 cm³/mol. The Morgan fingerprint density at radius 3 is 2.46 bits per heavy atom. The summed E-state index contributed by atoms with van der Waals surface area (Å²) in [5.41, 5.74) is 6.03. The van der Waals surface area contributed by atoms with Gasteiger partial charge in [0, 0.05) is 40.7 Å². The summed E-state index contributed by atoms with van der Waals surface area (Å²) in [5.74, 6) is 1.76. The lowest BCUT2D eigenvalue weighted by Crippen LogP contribution is -2.39. The number of nitrogens with one attached hydrogen (secondary N) is 4. The summed E-state index contributed by atoms with van der Waals surface area (Å²) in [6.07, 6.45) is 2.74. The van der Waals surface area contributed by atoms with E-state index in [1.54, 1.807) is 7.11 Å². The number of nitrogens with zero attached hydrogens (tertiary/aromatic N) is 3. The van der Waals surface area contributed by atoms with Crippen molar-refractivity contribution < 1.29 is 4.74 Å². The van der Waals surface area contributed by atoms with Crippen molar-refractivity contribution in [2.45, 2.75) is 27.2 Å². The number of aliphatic imine (C=N–C) groups is 1. The smallest absolute Gasteiger partial charge is 0.229 e. The minimum atomic E-state index is 0.418. The number of hydrogen-bond donors (Lipinski definition) is 4. The summed E-state index contributed by atoms with van der Waals surface area (Å²) in [5, 5.41) is 11.1. The van der Waals surface area contributed by atoms with Crippen LogP contribution in [0.25, 0.3) is 10.9 Å². The first-order valence-electron chi connectivity index (χ1n) is 11.3. The van der Waals surface area contributed by atoms with E-state index in [0.717, 1.165) is 45.7 Å². The summed E-state index contributed by atoms with van der Waals surface area (Å²) >= 11 is 5.53. The molecule has 4 aromatic rings. The zero-order valence-corrected chi connectivity index (χ0v) is 21.1. The number of thiocarbonyl (C=S) groups is 1. The first-order chi connectivity index (χ1) is 16.9. The highest BCUT2D eigenvalue weighted by Crippen LogP contribution is 2.24. The Balaban J connectivity index is 1.50. The molecule has 0 aliphatic carbocycles. The number of aryl methyl sites for hydroxylation is 3. The molecule has 4 N–H and O–H groups in total.